The zero-order valence-electron chi connectivity index (χ0n) is 11.0. The van der Waals surface area contributed by atoms with E-state index in [9.17, 15) is 4.79 Å². The fourth-order valence-electron chi connectivity index (χ4n) is 2.11. The van der Waals surface area contributed by atoms with Crippen LogP contribution in [0.5, 0.6) is 0 Å². The minimum atomic E-state index is -0.208. The second-order valence-corrected chi connectivity index (χ2v) is 4.57. The van der Waals surface area contributed by atoms with Gasteiger partial charge in [0.15, 0.2) is 5.69 Å². The van der Waals surface area contributed by atoms with Gasteiger partial charge < -0.3 is 5.32 Å². The molecule has 100 valence electrons. The Labute approximate surface area is 116 Å². The Balaban J connectivity index is 1.83. The van der Waals surface area contributed by atoms with Gasteiger partial charge in [-0.05, 0) is 25.1 Å². The van der Waals surface area contributed by atoms with E-state index in [1.54, 1.807) is 6.20 Å². The molecule has 1 amide bonds. The minimum absolute atomic E-state index is 0.167. The van der Waals surface area contributed by atoms with Gasteiger partial charge in [-0.15, -0.1) is 0 Å². The molecular formula is C15H14N4O. The van der Waals surface area contributed by atoms with Crippen LogP contribution in [0.15, 0.2) is 48.7 Å². The van der Waals surface area contributed by atoms with Crippen LogP contribution in [0.25, 0.3) is 10.9 Å². The van der Waals surface area contributed by atoms with Crippen LogP contribution in [0, 0.1) is 0 Å². The van der Waals surface area contributed by atoms with Crippen LogP contribution in [0.4, 0.5) is 0 Å². The Bertz CT molecular complexity index is 736. The summed E-state index contributed by atoms with van der Waals surface area (Å²) in [6.07, 6.45) is 1.71. The molecule has 2 aromatic heterocycles. The first kappa shape index (κ1) is 12.3. The number of carbonyl (C=O) groups excluding carboxylic acids is 1. The van der Waals surface area contributed by atoms with Crippen LogP contribution in [0.1, 0.15) is 29.1 Å². The van der Waals surface area contributed by atoms with Crippen molar-refractivity contribution in [1.82, 2.24) is 20.5 Å². The van der Waals surface area contributed by atoms with Gasteiger partial charge in [0.2, 0.25) is 0 Å². The van der Waals surface area contributed by atoms with E-state index in [0.717, 1.165) is 16.6 Å². The number of nitrogens with one attached hydrogen (secondary N) is 2. The number of aromatic nitrogens is 3. The number of H-pyrrole nitrogens is 1. The molecule has 0 radical (unpaired) electrons. The largest absolute Gasteiger partial charge is 0.343 e. The topological polar surface area (TPSA) is 70.7 Å². The summed E-state index contributed by atoms with van der Waals surface area (Å²) < 4.78 is 0. The van der Waals surface area contributed by atoms with Crippen molar-refractivity contribution in [3.63, 3.8) is 0 Å². The van der Waals surface area contributed by atoms with Gasteiger partial charge in [0.1, 0.15) is 0 Å². The summed E-state index contributed by atoms with van der Waals surface area (Å²) in [4.78, 5) is 16.5. The number of benzene rings is 1. The molecule has 0 spiro atoms. The third kappa shape index (κ3) is 2.25. The predicted octanol–water partition coefficient (Wildman–Crippen LogP) is 2.45. The molecule has 0 saturated carbocycles. The molecule has 0 saturated heterocycles. The molecule has 0 unspecified atom stereocenters. The average molecular weight is 266 g/mol. The van der Waals surface area contributed by atoms with Crippen LogP contribution in [-0.4, -0.2) is 21.1 Å². The van der Waals surface area contributed by atoms with E-state index in [2.05, 4.69) is 20.5 Å². The summed E-state index contributed by atoms with van der Waals surface area (Å²) in [5, 5.41) is 10.7. The lowest BCUT2D eigenvalue weighted by Gasteiger charge is -2.12. The Kier molecular flexibility index (Phi) is 3.16. The Morgan fingerprint density at radius 3 is 2.80 bits per heavy atom. The summed E-state index contributed by atoms with van der Waals surface area (Å²) in [5.74, 6) is -0.208. The molecule has 1 aromatic carbocycles. The minimum Gasteiger partial charge on any atom is -0.343 e. The van der Waals surface area contributed by atoms with Crippen LogP contribution >= 0.6 is 0 Å². The van der Waals surface area contributed by atoms with E-state index in [1.807, 2.05) is 49.4 Å². The second kappa shape index (κ2) is 5.13. The third-order valence-corrected chi connectivity index (χ3v) is 3.16. The fraction of sp³-hybridized carbons (Fsp3) is 0.133. The first-order valence-corrected chi connectivity index (χ1v) is 6.40. The van der Waals surface area contributed by atoms with E-state index in [0.29, 0.717) is 5.69 Å². The van der Waals surface area contributed by atoms with Crippen molar-refractivity contribution in [1.29, 1.82) is 0 Å². The zero-order chi connectivity index (χ0) is 13.9. The number of hydrogen-bond acceptors (Lipinski definition) is 3. The van der Waals surface area contributed by atoms with Crippen molar-refractivity contribution in [3.8, 4) is 0 Å². The van der Waals surface area contributed by atoms with Gasteiger partial charge in [0.05, 0.1) is 17.3 Å². The van der Waals surface area contributed by atoms with Gasteiger partial charge in [-0.3, -0.25) is 14.9 Å². The molecule has 0 bridgehead atoms. The van der Waals surface area contributed by atoms with E-state index < -0.39 is 0 Å². The van der Waals surface area contributed by atoms with E-state index in [4.69, 9.17) is 0 Å². The zero-order valence-corrected chi connectivity index (χ0v) is 11.0. The van der Waals surface area contributed by atoms with E-state index in [-0.39, 0.29) is 11.9 Å². The van der Waals surface area contributed by atoms with Crippen molar-refractivity contribution >= 4 is 16.8 Å². The Hall–Kier alpha value is -2.69. The fourth-order valence-corrected chi connectivity index (χ4v) is 2.11. The van der Waals surface area contributed by atoms with Crippen LogP contribution in [0.3, 0.4) is 0 Å². The predicted molar refractivity (Wildman–Crippen MR) is 76.2 cm³/mol. The van der Waals surface area contributed by atoms with Crippen LogP contribution in [-0.2, 0) is 0 Å². The van der Waals surface area contributed by atoms with Gasteiger partial charge in [-0.2, -0.15) is 5.10 Å². The van der Waals surface area contributed by atoms with Crippen molar-refractivity contribution < 1.29 is 4.79 Å². The lowest BCUT2D eigenvalue weighted by atomic mass is 10.1. The number of para-hydroxylation sites is 1. The van der Waals surface area contributed by atoms with Gasteiger partial charge in [0, 0.05) is 11.6 Å². The van der Waals surface area contributed by atoms with Crippen molar-refractivity contribution in [2.75, 3.05) is 0 Å². The highest BCUT2D eigenvalue weighted by molar-refractivity contribution is 6.04. The highest BCUT2D eigenvalue weighted by Crippen LogP contribution is 2.16. The average Bonchev–Trinajstić information content (AvgIpc) is 2.92. The number of carbonyl (C=O) groups is 1. The lowest BCUT2D eigenvalue weighted by molar-refractivity contribution is 0.0935. The number of hydrogen-bond donors (Lipinski definition) is 2. The molecule has 1 atom stereocenters. The molecule has 2 heterocycles. The SMILES string of the molecule is C[C@@H](NC(=O)c1n[nH]c2ccccc12)c1ccccn1. The molecular weight excluding hydrogens is 252 g/mol. The number of aromatic amines is 1. The van der Waals surface area contributed by atoms with Gasteiger partial charge in [-0.25, -0.2) is 0 Å². The van der Waals surface area contributed by atoms with Crippen LogP contribution in [0.2, 0.25) is 0 Å². The molecule has 3 aromatic rings. The van der Waals surface area contributed by atoms with E-state index >= 15 is 0 Å². The first-order valence-electron chi connectivity index (χ1n) is 6.40. The summed E-state index contributed by atoms with van der Waals surface area (Å²) >= 11 is 0. The van der Waals surface area contributed by atoms with Gasteiger partial charge in [0.25, 0.3) is 5.91 Å². The maximum absolute atomic E-state index is 12.3. The molecule has 5 nitrogen and oxygen atoms in total. The molecule has 0 aliphatic carbocycles. The molecule has 0 fully saturated rings. The quantitative estimate of drug-likeness (QED) is 0.765. The van der Waals surface area contributed by atoms with Gasteiger partial charge in [-0.1, -0.05) is 24.3 Å². The highest BCUT2D eigenvalue weighted by atomic mass is 16.2. The van der Waals surface area contributed by atoms with Crippen molar-refractivity contribution in [2.24, 2.45) is 0 Å². The number of pyridine rings is 1. The van der Waals surface area contributed by atoms with Crippen molar-refractivity contribution in [2.45, 2.75) is 13.0 Å². The second-order valence-electron chi connectivity index (χ2n) is 4.57. The summed E-state index contributed by atoms with van der Waals surface area (Å²) in [5.41, 5.74) is 2.08. The molecule has 20 heavy (non-hydrogen) atoms. The number of nitrogens with zero attached hydrogens (tertiary/aromatic N) is 2. The molecule has 0 aliphatic heterocycles. The van der Waals surface area contributed by atoms with Gasteiger partial charge >= 0.3 is 0 Å². The highest BCUT2D eigenvalue weighted by Gasteiger charge is 2.16. The number of fused-ring (bicyclic) bond motifs is 1. The monoisotopic (exact) mass is 266 g/mol. The maximum Gasteiger partial charge on any atom is 0.272 e. The number of rotatable bonds is 3. The smallest absolute Gasteiger partial charge is 0.272 e. The summed E-state index contributed by atoms with van der Waals surface area (Å²) in [6, 6.07) is 13.0. The third-order valence-electron chi connectivity index (χ3n) is 3.16. The molecule has 3 rings (SSSR count). The summed E-state index contributed by atoms with van der Waals surface area (Å²) in [7, 11) is 0. The lowest BCUT2D eigenvalue weighted by Crippen LogP contribution is -2.27. The number of amides is 1. The first-order chi connectivity index (χ1) is 9.75. The van der Waals surface area contributed by atoms with E-state index in [1.165, 1.54) is 0 Å². The standard InChI is InChI=1S/C15H14N4O/c1-10(12-7-4-5-9-16-12)17-15(20)14-11-6-2-3-8-13(11)18-19-14/h2-10H,1H3,(H,17,20)(H,18,19)/t10-/m1/s1. The summed E-state index contributed by atoms with van der Waals surface area (Å²) in [6.45, 7) is 1.90. The van der Waals surface area contributed by atoms with Crippen LogP contribution < -0.4 is 5.32 Å². The Morgan fingerprint density at radius 1 is 1.20 bits per heavy atom. The van der Waals surface area contributed by atoms with Crippen molar-refractivity contribution in [3.05, 3.63) is 60.0 Å². The molecule has 0 aliphatic rings. The molecule has 5 heteroatoms. The molecule has 2 N–H and O–H groups in total. The Morgan fingerprint density at radius 2 is 2.00 bits per heavy atom. The maximum atomic E-state index is 12.3. The normalized spacial score (nSPS) is 12.2.